The van der Waals surface area contributed by atoms with E-state index in [0.717, 1.165) is 5.06 Å². The average molecular weight is 171 g/mol. The molecule has 0 aromatic rings. The van der Waals surface area contributed by atoms with Crippen LogP contribution in [0.1, 0.15) is 20.8 Å². The molecule has 12 heavy (non-hydrogen) atoms. The van der Waals surface area contributed by atoms with Crippen molar-refractivity contribution in [1.29, 1.82) is 0 Å². The third kappa shape index (κ3) is 2.45. The molecule has 0 bridgehead atoms. The maximum absolute atomic E-state index is 11.2. The number of amides is 1. The number of ether oxygens (including phenoxy) is 1. The standard InChI is InChI=1S/C8H13NO3/c1-8(2,3)12-7(10)9-5-4-6-11-9/h4,6H,5H2,1-3H3. The number of hydrogen-bond acceptors (Lipinski definition) is 3. The van der Waals surface area contributed by atoms with Gasteiger partial charge in [-0.2, -0.15) is 0 Å². The van der Waals surface area contributed by atoms with Gasteiger partial charge in [-0.1, -0.05) is 0 Å². The van der Waals surface area contributed by atoms with Crippen LogP contribution in [0.3, 0.4) is 0 Å². The minimum absolute atomic E-state index is 0.451. The van der Waals surface area contributed by atoms with Crippen molar-refractivity contribution in [1.82, 2.24) is 5.06 Å². The number of carbonyl (C=O) groups excluding carboxylic acids is 1. The van der Waals surface area contributed by atoms with Gasteiger partial charge in [-0.3, -0.25) is 0 Å². The molecule has 0 aromatic carbocycles. The molecule has 1 aliphatic rings. The molecule has 0 unspecified atom stereocenters. The predicted octanol–water partition coefficient (Wildman–Crippen LogP) is 1.68. The van der Waals surface area contributed by atoms with E-state index in [9.17, 15) is 4.79 Å². The molecular weight excluding hydrogens is 158 g/mol. The van der Waals surface area contributed by atoms with Gasteiger partial charge in [0, 0.05) is 0 Å². The summed E-state index contributed by atoms with van der Waals surface area (Å²) in [6.45, 7) is 5.89. The zero-order valence-corrected chi connectivity index (χ0v) is 7.53. The highest BCUT2D eigenvalue weighted by Crippen LogP contribution is 2.11. The van der Waals surface area contributed by atoms with E-state index in [1.165, 1.54) is 6.26 Å². The molecule has 0 aliphatic carbocycles. The summed E-state index contributed by atoms with van der Waals surface area (Å²) in [5, 5.41) is 1.16. The van der Waals surface area contributed by atoms with E-state index >= 15 is 0 Å². The van der Waals surface area contributed by atoms with E-state index in [0.29, 0.717) is 6.54 Å². The Bertz CT molecular complexity index is 197. The molecule has 1 amide bonds. The number of rotatable bonds is 0. The molecule has 0 spiro atoms. The van der Waals surface area contributed by atoms with Gasteiger partial charge in [0.15, 0.2) is 0 Å². The van der Waals surface area contributed by atoms with Gasteiger partial charge in [0.25, 0.3) is 0 Å². The monoisotopic (exact) mass is 171 g/mol. The molecule has 4 nitrogen and oxygen atoms in total. The van der Waals surface area contributed by atoms with Crippen LogP contribution < -0.4 is 0 Å². The highest BCUT2D eigenvalue weighted by molar-refractivity contribution is 5.67. The maximum Gasteiger partial charge on any atom is 0.444 e. The van der Waals surface area contributed by atoms with Gasteiger partial charge in [-0.15, -0.1) is 5.06 Å². The Morgan fingerprint density at radius 3 is 2.67 bits per heavy atom. The van der Waals surface area contributed by atoms with Crippen LogP contribution in [0.4, 0.5) is 4.79 Å². The normalized spacial score (nSPS) is 16.1. The molecule has 4 heteroatoms. The minimum Gasteiger partial charge on any atom is -0.442 e. The Balaban J connectivity index is 2.39. The van der Waals surface area contributed by atoms with E-state index in [4.69, 9.17) is 9.57 Å². The van der Waals surface area contributed by atoms with Crippen LogP contribution in [0.5, 0.6) is 0 Å². The van der Waals surface area contributed by atoms with Crippen molar-refractivity contribution in [3.05, 3.63) is 12.3 Å². The van der Waals surface area contributed by atoms with E-state index < -0.39 is 11.7 Å². The van der Waals surface area contributed by atoms with Gasteiger partial charge < -0.3 is 9.57 Å². The van der Waals surface area contributed by atoms with Crippen molar-refractivity contribution >= 4 is 6.09 Å². The summed E-state index contributed by atoms with van der Waals surface area (Å²) in [5.41, 5.74) is -0.469. The zero-order valence-electron chi connectivity index (χ0n) is 7.53. The fourth-order valence-electron chi connectivity index (χ4n) is 0.729. The summed E-state index contributed by atoms with van der Waals surface area (Å²) in [7, 11) is 0. The molecule has 1 heterocycles. The van der Waals surface area contributed by atoms with Crippen LogP contribution in [0.2, 0.25) is 0 Å². The maximum atomic E-state index is 11.2. The number of nitrogens with zero attached hydrogens (tertiary/aromatic N) is 1. The predicted molar refractivity (Wildman–Crippen MR) is 43.2 cm³/mol. The van der Waals surface area contributed by atoms with Gasteiger partial charge >= 0.3 is 6.09 Å². The van der Waals surface area contributed by atoms with Crippen molar-refractivity contribution in [2.45, 2.75) is 26.4 Å². The summed E-state index contributed by atoms with van der Waals surface area (Å²) < 4.78 is 5.04. The number of hydrogen-bond donors (Lipinski definition) is 0. The van der Waals surface area contributed by atoms with Gasteiger partial charge in [-0.05, 0) is 26.8 Å². The summed E-state index contributed by atoms with van der Waals surface area (Å²) in [6.07, 6.45) is 2.75. The molecule has 0 saturated carbocycles. The highest BCUT2D eigenvalue weighted by atomic mass is 16.7. The van der Waals surface area contributed by atoms with Crippen LogP contribution in [0.15, 0.2) is 12.3 Å². The second-order valence-electron chi connectivity index (χ2n) is 3.52. The lowest BCUT2D eigenvalue weighted by molar-refractivity contribution is -0.0829. The second-order valence-corrected chi connectivity index (χ2v) is 3.52. The van der Waals surface area contributed by atoms with Crippen LogP contribution >= 0.6 is 0 Å². The van der Waals surface area contributed by atoms with Crippen LogP contribution in [-0.4, -0.2) is 23.3 Å². The number of hydroxylamine groups is 2. The van der Waals surface area contributed by atoms with Crippen LogP contribution in [0.25, 0.3) is 0 Å². The SMILES string of the molecule is CC(C)(C)OC(=O)N1CC=CO1. The van der Waals surface area contributed by atoms with Crippen molar-refractivity contribution in [2.24, 2.45) is 0 Å². The molecule has 0 radical (unpaired) electrons. The third-order valence-corrected chi connectivity index (χ3v) is 1.15. The molecule has 0 aromatic heterocycles. The van der Waals surface area contributed by atoms with Gasteiger partial charge in [0.1, 0.15) is 11.9 Å². The van der Waals surface area contributed by atoms with E-state index in [2.05, 4.69) is 0 Å². The van der Waals surface area contributed by atoms with Crippen molar-refractivity contribution in [2.75, 3.05) is 6.54 Å². The van der Waals surface area contributed by atoms with Crippen molar-refractivity contribution in [3.8, 4) is 0 Å². The smallest absolute Gasteiger partial charge is 0.442 e. The first-order chi connectivity index (χ1) is 5.49. The van der Waals surface area contributed by atoms with Crippen LogP contribution in [-0.2, 0) is 9.57 Å². The summed E-state index contributed by atoms with van der Waals surface area (Å²) in [6, 6.07) is 0. The topological polar surface area (TPSA) is 38.8 Å². The second kappa shape index (κ2) is 3.05. The van der Waals surface area contributed by atoms with Gasteiger partial charge in [-0.25, -0.2) is 4.79 Å². The largest absolute Gasteiger partial charge is 0.444 e. The Morgan fingerprint density at radius 2 is 2.25 bits per heavy atom. The van der Waals surface area contributed by atoms with Crippen LogP contribution in [0, 0.1) is 0 Å². The molecule has 1 rings (SSSR count). The Labute approximate surface area is 71.7 Å². The summed E-state index contributed by atoms with van der Waals surface area (Å²) >= 11 is 0. The first kappa shape index (κ1) is 8.90. The van der Waals surface area contributed by atoms with E-state index in [1.807, 2.05) is 20.8 Å². The lowest BCUT2D eigenvalue weighted by Crippen LogP contribution is -2.34. The van der Waals surface area contributed by atoms with E-state index in [-0.39, 0.29) is 0 Å². The van der Waals surface area contributed by atoms with Crippen molar-refractivity contribution in [3.63, 3.8) is 0 Å². The molecular formula is C8H13NO3. The molecule has 68 valence electrons. The quantitative estimate of drug-likeness (QED) is 0.556. The molecule has 0 N–H and O–H groups in total. The Hall–Kier alpha value is -1.19. The zero-order chi connectivity index (χ0) is 9.19. The van der Waals surface area contributed by atoms with E-state index in [1.54, 1.807) is 6.08 Å². The molecule has 0 atom stereocenters. The lowest BCUT2D eigenvalue weighted by atomic mass is 10.2. The fourth-order valence-corrected chi connectivity index (χ4v) is 0.729. The number of carbonyl (C=O) groups is 1. The first-order valence-electron chi connectivity index (χ1n) is 3.81. The Morgan fingerprint density at radius 1 is 1.58 bits per heavy atom. The lowest BCUT2D eigenvalue weighted by Gasteiger charge is -2.22. The highest BCUT2D eigenvalue weighted by Gasteiger charge is 2.23. The minimum atomic E-state index is -0.469. The van der Waals surface area contributed by atoms with Gasteiger partial charge in [0.05, 0.1) is 6.54 Å². The molecule has 0 saturated heterocycles. The summed E-state index contributed by atoms with van der Waals surface area (Å²) in [4.78, 5) is 16.0. The third-order valence-electron chi connectivity index (χ3n) is 1.15. The molecule has 0 fully saturated rings. The first-order valence-corrected chi connectivity index (χ1v) is 3.81. The Kier molecular flexibility index (Phi) is 2.26. The van der Waals surface area contributed by atoms with Crippen molar-refractivity contribution < 1.29 is 14.4 Å². The van der Waals surface area contributed by atoms with Gasteiger partial charge in [0.2, 0.25) is 0 Å². The molecule has 1 aliphatic heterocycles. The average Bonchev–Trinajstić information content (AvgIpc) is 2.32. The summed E-state index contributed by atoms with van der Waals surface area (Å²) in [5.74, 6) is 0. The fraction of sp³-hybridized carbons (Fsp3) is 0.625.